The molecule has 0 heterocycles. The second-order valence-electron chi connectivity index (χ2n) is 8.82. The van der Waals surface area contributed by atoms with E-state index >= 15 is 0 Å². The molecule has 0 aliphatic rings. The van der Waals surface area contributed by atoms with Gasteiger partial charge in [-0.15, -0.1) is 0 Å². The Hall–Kier alpha value is 0.230. The summed E-state index contributed by atoms with van der Waals surface area (Å²) in [6, 6.07) is 0.494. The maximum Gasteiger partial charge on any atom is 0.0642 e. The Balaban J connectivity index is 4.03. The molecule has 26 heavy (non-hydrogen) atoms. The van der Waals surface area contributed by atoms with Crippen molar-refractivity contribution < 1.29 is 0 Å². The number of rotatable bonds is 16. The highest BCUT2D eigenvalue weighted by Gasteiger charge is 2.21. The monoisotopic (exact) mass is 387 g/mol. The summed E-state index contributed by atoms with van der Waals surface area (Å²) in [6.45, 7) is 19.1. The van der Waals surface area contributed by atoms with Gasteiger partial charge in [-0.25, -0.2) is 0 Å². The lowest BCUT2D eigenvalue weighted by molar-refractivity contribution is 0.281. The van der Waals surface area contributed by atoms with Crippen molar-refractivity contribution in [1.29, 1.82) is 0 Å². The van der Waals surface area contributed by atoms with Crippen molar-refractivity contribution >= 4 is 11.8 Å². The third-order valence-electron chi connectivity index (χ3n) is 6.00. The summed E-state index contributed by atoms with van der Waals surface area (Å²) in [7, 11) is 0. The third-order valence-corrected chi connectivity index (χ3v) is 7.29. The molecule has 0 aliphatic carbocycles. The topological polar surface area (TPSA) is 50.1 Å². The fourth-order valence-electron chi connectivity index (χ4n) is 3.59. The second-order valence-corrected chi connectivity index (χ2v) is 10.5. The number of thioether (sulfide) groups is 1. The van der Waals surface area contributed by atoms with Gasteiger partial charge >= 0.3 is 0 Å². The molecule has 0 spiro atoms. The third kappa shape index (κ3) is 11.8. The van der Waals surface area contributed by atoms with E-state index < -0.39 is 0 Å². The Kier molecular flexibility index (Phi) is 14.4. The van der Waals surface area contributed by atoms with Crippen LogP contribution in [0.15, 0.2) is 0 Å². The smallest absolute Gasteiger partial charge is 0.0642 e. The quantitative estimate of drug-likeness (QED) is 0.238. The van der Waals surface area contributed by atoms with E-state index in [1.54, 1.807) is 0 Å². The lowest BCUT2D eigenvalue weighted by atomic mass is 9.86. The van der Waals surface area contributed by atoms with Crippen LogP contribution >= 0.6 is 11.8 Å². The van der Waals surface area contributed by atoms with Gasteiger partial charge in [0, 0.05) is 18.0 Å². The number of hydrogen-bond donors (Lipinski definition) is 3. The zero-order chi connectivity index (χ0) is 20.2. The van der Waals surface area contributed by atoms with E-state index in [1.807, 2.05) is 11.8 Å². The van der Waals surface area contributed by atoms with Crippen molar-refractivity contribution in [2.45, 2.75) is 111 Å². The summed E-state index contributed by atoms with van der Waals surface area (Å²) in [4.78, 5) is 0. The molecule has 5 unspecified atom stereocenters. The van der Waals surface area contributed by atoms with Crippen LogP contribution in [0.2, 0.25) is 0 Å². The first-order chi connectivity index (χ1) is 12.1. The number of nitrogens with two attached hydrogens (primary N) is 1. The molecule has 0 radical (unpaired) electrons. The highest BCUT2D eigenvalue weighted by Crippen LogP contribution is 2.24. The predicted molar refractivity (Wildman–Crippen MR) is 122 cm³/mol. The van der Waals surface area contributed by atoms with Crippen LogP contribution in [0.4, 0.5) is 0 Å². The largest absolute Gasteiger partial charge is 0.314 e. The first-order valence-corrected chi connectivity index (χ1v) is 12.1. The molecule has 0 rings (SSSR count). The zero-order valence-electron chi connectivity index (χ0n) is 19.0. The molecule has 3 nitrogen and oxygen atoms in total. The maximum absolute atomic E-state index is 6.47. The van der Waals surface area contributed by atoms with E-state index in [-0.39, 0.29) is 5.66 Å². The van der Waals surface area contributed by atoms with E-state index in [9.17, 15) is 0 Å². The highest BCUT2D eigenvalue weighted by atomic mass is 32.2. The van der Waals surface area contributed by atoms with E-state index in [4.69, 9.17) is 5.73 Å². The minimum atomic E-state index is -0.280. The summed E-state index contributed by atoms with van der Waals surface area (Å²) in [5.41, 5.74) is 6.19. The molecule has 0 saturated carbocycles. The number of unbranched alkanes of at least 4 members (excludes halogenated alkanes) is 1. The molecule has 0 aromatic rings. The molecule has 0 aliphatic heterocycles. The van der Waals surface area contributed by atoms with Crippen molar-refractivity contribution in [1.82, 2.24) is 10.6 Å². The van der Waals surface area contributed by atoms with Gasteiger partial charge in [-0.2, -0.15) is 11.8 Å². The lowest BCUT2D eigenvalue weighted by Gasteiger charge is -2.30. The molecule has 0 fully saturated rings. The standard InChI is InChI=1S/C22H49N3S/c1-9-13-21(17(3)4)14-11-12-15-22(8,23)25-16-24-19(6)18(5)20(7)26-10-2/h17-21,24-25H,9-16,23H2,1-8H3. The van der Waals surface area contributed by atoms with Gasteiger partial charge in [0.2, 0.25) is 0 Å². The molecule has 5 atom stereocenters. The summed E-state index contributed by atoms with van der Waals surface area (Å²) in [5, 5.41) is 7.81. The van der Waals surface area contributed by atoms with E-state index in [2.05, 4.69) is 66.0 Å². The van der Waals surface area contributed by atoms with Crippen LogP contribution in [0.25, 0.3) is 0 Å². The summed E-state index contributed by atoms with van der Waals surface area (Å²) in [6.07, 6.45) is 7.56. The average Bonchev–Trinajstić information content (AvgIpc) is 2.56. The zero-order valence-corrected chi connectivity index (χ0v) is 19.8. The molecule has 0 saturated heterocycles. The molecule has 0 aromatic heterocycles. The number of hydrogen-bond acceptors (Lipinski definition) is 4. The van der Waals surface area contributed by atoms with E-state index in [0.29, 0.717) is 17.2 Å². The van der Waals surface area contributed by atoms with E-state index in [0.717, 1.165) is 24.9 Å². The molecule has 4 heteroatoms. The minimum Gasteiger partial charge on any atom is -0.314 e. The van der Waals surface area contributed by atoms with E-state index in [1.165, 1.54) is 37.9 Å². The molecular weight excluding hydrogens is 338 g/mol. The molecule has 0 bridgehead atoms. The van der Waals surface area contributed by atoms with Gasteiger partial charge in [-0.1, -0.05) is 73.6 Å². The van der Waals surface area contributed by atoms with Crippen LogP contribution in [0.3, 0.4) is 0 Å². The summed E-state index contributed by atoms with van der Waals surface area (Å²) < 4.78 is 0. The van der Waals surface area contributed by atoms with Crippen LogP contribution in [0.1, 0.15) is 93.9 Å². The van der Waals surface area contributed by atoms with Crippen molar-refractivity contribution in [2.24, 2.45) is 23.5 Å². The van der Waals surface area contributed by atoms with Gasteiger partial charge in [-0.05, 0) is 43.8 Å². The fourth-order valence-corrected chi connectivity index (χ4v) is 4.66. The molecular formula is C22H49N3S. The maximum atomic E-state index is 6.47. The average molecular weight is 388 g/mol. The van der Waals surface area contributed by atoms with Gasteiger partial charge < -0.3 is 11.1 Å². The van der Waals surface area contributed by atoms with Crippen molar-refractivity contribution in [2.75, 3.05) is 12.4 Å². The van der Waals surface area contributed by atoms with Crippen LogP contribution in [-0.4, -0.2) is 29.4 Å². The van der Waals surface area contributed by atoms with Gasteiger partial charge in [0.05, 0.1) is 5.66 Å². The second kappa shape index (κ2) is 14.3. The highest BCUT2D eigenvalue weighted by molar-refractivity contribution is 7.99. The van der Waals surface area contributed by atoms with Crippen LogP contribution in [0, 0.1) is 17.8 Å². The minimum absolute atomic E-state index is 0.280. The lowest BCUT2D eigenvalue weighted by Crippen LogP contribution is -2.55. The summed E-state index contributed by atoms with van der Waals surface area (Å²) in [5.74, 6) is 3.52. The summed E-state index contributed by atoms with van der Waals surface area (Å²) >= 11 is 2.04. The Morgan fingerprint density at radius 1 is 1.00 bits per heavy atom. The first-order valence-electron chi connectivity index (χ1n) is 11.0. The Labute approximate surface area is 169 Å². The SMILES string of the molecule is CCCC(CCCCC(C)(N)NCNC(C)C(C)C(C)SCC)C(C)C. The molecule has 0 aromatic carbocycles. The van der Waals surface area contributed by atoms with Crippen LogP contribution in [-0.2, 0) is 0 Å². The van der Waals surface area contributed by atoms with Crippen molar-refractivity contribution in [3.8, 4) is 0 Å². The van der Waals surface area contributed by atoms with Crippen LogP contribution < -0.4 is 16.4 Å². The van der Waals surface area contributed by atoms with Crippen molar-refractivity contribution in [3.05, 3.63) is 0 Å². The van der Waals surface area contributed by atoms with Gasteiger partial charge in [0.25, 0.3) is 0 Å². The van der Waals surface area contributed by atoms with Gasteiger partial charge in [0.15, 0.2) is 0 Å². The fraction of sp³-hybridized carbons (Fsp3) is 1.00. The Bertz CT molecular complexity index is 333. The van der Waals surface area contributed by atoms with Gasteiger partial charge in [0.1, 0.15) is 0 Å². The first kappa shape index (κ1) is 26.2. The number of nitrogens with one attached hydrogen (secondary N) is 2. The normalized spacial score (nSPS) is 19.2. The molecule has 4 N–H and O–H groups in total. The molecule has 0 amide bonds. The molecule has 158 valence electrons. The van der Waals surface area contributed by atoms with Gasteiger partial charge in [-0.3, -0.25) is 5.32 Å². The Morgan fingerprint density at radius 3 is 2.19 bits per heavy atom. The predicted octanol–water partition coefficient (Wildman–Crippen LogP) is 5.60. The Morgan fingerprint density at radius 2 is 1.65 bits per heavy atom. The van der Waals surface area contributed by atoms with Crippen LogP contribution in [0.5, 0.6) is 0 Å². The van der Waals surface area contributed by atoms with Crippen molar-refractivity contribution in [3.63, 3.8) is 0 Å².